The molecule has 0 radical (unpaired) electrons. The van der Waals surface area contributed by atoms with E-state index in [2.05, 4.69) is 4.98 Å². The van der Waals surface area contributed by atoms with E-state index in [1.807, 2.05) is 42.1 Å². The monoisotopic (exact) mass is 232 g/mol. The Hall–Kier alpha value is -1.75. The number of hydrogen-bond donors (Lipinski definition) is 2. The minimum absolute atomic E-state index is 0.0808. The largest absolute Gasteiger partial charge is 0.384 e. The van der Waals surface area contributed by atoms with Crippen molar-refractivity contribution >= 4 is 17.6 Å². The molecule has 0 amide bonds. The van der Waals surface area contributed by atoms with Gasteiger partial charge in [-0.2, -0.15) is 0 Å². The molecule has 0 saturated carbocycles. The fourth-order valence-electron chi connectivity index (χ4n) is 1.33. The highest BCUT2D eigenvalue weighted by Crippen LogP contribution is 2.28. The van der Waals surface area contributed by atoms with Crippen molar-refractivity contribution in [3.63, 3.8) is 0 Å². The molecule has 0 fully saturated rings. The molecule has 2 rings (SSSR count). The SMILES string of the molecule is Cn1ccnc1Sc1ccccc1C(=N)N. The lowest BCUT2D eigenvalue weighted by atomic mass is 10.2. The van der Waals surface area contributed by atoms with Gasteiger partial charge in [0.1, 0.15) is 5.84 Å². The third-order valence-corrected chi connectivity index (χ3v) is 3.31. The number of nitrogen functional groups attached to an aromatic ring is 1. The van der Waals surface area contributed by atoms with E-state index in [4.69, 9.17) is 11.1 Å². The Labute approximate surface area is 98.0 Å². The first-order chi connectivity index (χ1) is 7.68. The molecule has 16 heavy (non-hydrogen) atoms. The Morgan fingerprint density at radius 2 is 2.19 bits per heavy atom. The number of nitrogens with one attached hydrogen (secondary N) is 1. The molecule has 2 aromatic rings. The molecule has 1 aromatic carbocycles. The van der Waals surface area contributed by atoms with Crippen molar-refractivity contribution in [2.24, 2.45) is 12.8 Å². The highest BCUT2D eigenvalue weighted by molar-refractivity contribution is 7.99. The molecule has 0 atom stereocenters. The summed E-state index contributed by atoms with van der Waals surface area (Å²) >= 11 is 1.51. The van der Waals surface area contributed by atoms with Crippen LogP contribution in [-0.4, -0.2) is 15.4 Å². The van der Waals surface area contributed by atoms with Crippen molar-refractivity contribution in [3.05, 3.63) is 42.2 Å². The molecule has 0 saturated heterocycles. The van der Waals surface area contributed by atoms with Crippen LogP contribution >= 0.6 is 11.8 Å². The maximum Gasteiger partial charge on any atom is 0.172 e. The van der Waals surface area contributed by atoms with Crippen LogP contribution in [0.5, 0.6) is 0 Å². The van der Waals surface area contributed by atoms with Crippen molar-refractivity contribution in [2.75, 3.05) is 0 Å². The summed E-state index contributed by atoms with van der Waals surface area (Å²) in [7, 11) is 1.94. The summed E-state index contributed by atoms with van der Waals surface area (Å²) in [5.41, 5.74) is 6.27. The van der Waals surface area contributed by atoms with Gasteiger partial charge in [-0.25, -0.2) is 4.98 Å². The van der Waals surface area contributed by atoms with Gasteiger partial charge < -0.3 is 10.3 Å². The average Bonchev–Trinajstić information content (AvgIpc) is 2.65. The second-order valence-electron chi connectivity index (χ2n) is 3.33. The van der Waals surface area contributed by atoms with Crippen molar-refractivity contribution in [1.82, 2.24) is 9.55 Å². The Morgan fingerprint density at radius 1 is 1.44 bits per heavy atom. The zero-order chi connectivity index (χ0) is 11.5. The molecule has 4 nitrogen and oxygen atoms in total. The molecule has 0 aliphatic carbocycles. The highest BCUT2D eigenvalue weighted by atomic mass is 32.2. The maximum atomic E-state index is 7.50. The molecular formula is C11H12N4S. The van der Waals surface area contributed by atoms with Gasteiger partial charge in [0.25, 0.3) is 0 Å². The summed E-state index contributed by atoms with van der Waals surface area (Å²) in [5.74, 6) is 0.0808. The van der Waals surface area contributed by atoms with Gasteiger partial charge in [-0.1, -0.05) is 30.0 Å². The molecule has 5 heteroatoms. The first kappa shape index (κ1) is 10.8. The summed E-state index contributed by atoms with van der Waals surface area (Å²) in [6.07, 6.45) is 3.64. The van der Waals surface area contributed by atoms with Gasteiger partial charge in [-0.15, -0.1) is 0 Å². The normalized spacial score (nSPS) is 10.3. The van der Waals surface area contributed by atoms with Crippen molar-refractivity contribution in [1.29, 1.82) is 5.41 Å². The van der Waals surface area contributed by atoms with Gasteiger partial charge in [0.05, 0.1) is 0 Å². The minimum atomic E-state index is 0.0808. The first-order valence-electron chi connectivity index (χ1n) is 4.77. The maximum absolute atomic E-state index is 7.50. The van der Waals surface area contributed by atoms with Crippen LogP contribution in [0.2, 0.25) is 0 Å². The number of amidine groups is 1. The second-order valence-corrected chi connectivity index (χ2v) is 4.34. The smallest absolute Gasteiger partial charge is 0.172 e. The standard InChI is InChI=1S/C11H12N4S/c1-15-7-6-14-11(15)16-9-5-3-2-4-8(9)10(12)13/h2-7H,1H3,(H3,12,13). The summed E-state index contributed by atoms with van der Waals surface area (Å²) in [4.78, 5) is 5.17. The van der Waals surface area contributed by atoms with Crippen molar-refractivity contribution < 1.29 is 0 Å². The number of hydrogen-bond acceptors (Lipinski definition) is 3. The lowest BCUT2D eigenvalue weighted by molar-refractivity contribution is 0.790. The molecule has 0 aliphatic rings. The fourth-order valence-corrected chi connectivity index (χ4v) is 2.28. The van der Waals surface area contributed by atoms with Crippen LogP contribution in [0.25, 0.3) is 0 Å². The Kier molecular flexibility index (Phi) is 2.96. The van der Waals surface area contributed by atoms with Crippen LogP contribution < -0.4 is 5.73 Å². The molecule has 82 valence electrons. The van der Waals surface area contributed by atoms with E-state index in [1.54, 1.807) is 6.20 Å². The number of nitrogens with two attached hydrogens (primary N) is 1. The van der Waals surface area contributed by atoms with Crippen LogP contribution in [0.15, 0.2) is 46.7 Å². The van der Waals surface area contributed by atoms with Gasteiger partial charge in [-0.05, 0) is 6.07 Å². The number of rotatable bonds is 3. The molecule has 1 heterocycles. The molecule has 3 N–H and O–H groups in total. The Balaban J connectivity index is 2.35. The van der Waals surface area contributed by atoms with E-state index in [9.17, 15) is 0 Å². The summed E-state index contributed by atoms with van der Waals surface area (Å²) in [6.45, 7) is 0. The van der Waals surface area contributed by atoms with Gasteiger partial charge in [0, 0.05) is 29.9 Å². The predicted molar refractivity (Wildman–Crippen MR) is 64.8 cm³/mol. The van der Waals surface area contributed by atoms with E-state index in [1.165, 1.54) is 11.8 Å². The third kappa shape index (κ3) is 2.09. The summed E-state index contributed by atoms with van der Waals surface area (Å²) in [5, 5.41) is 8.38. The van der Waals surface area contributed by atoms with Crippen LogP contribution in [0.1, 0.15) is 5.56 Å². The van der Waals surface area contributed by atoms with E-state index in [0.29, 0.717) is 0 Å². The van der Waals surface area contributed by atoms with E-state index >= 15 is 0 Å². The van der Waals surface area contributed by atoms with Crippen LogP contribution in [0.4, 0.5) is 0 Å². The predicted octanol–water partition coefficient (Wildman–Crippen LogP) is 1.86. The molecular weight excluding hydrogens is 220 g/mol. The van der Waals surface area contributed by atoms with Crippen LogP contribution in [0, 0.1) is 5.41 Å². The van der Waals surface area contributed by atoms with Gasteiger partial charge in [0.15, 0.2) is 5.16 Å². The highest BCUT2D eigenvalue weighted by Gasteiger charge is 2.08. The molecule has 0 bridgehead atoms. The summed E-state index contributed by atoms with van der Waals surface area (Å²) in [6, 6.07) is 7.58. The number of benzene rings is 1. The number of aryl methyl sites for hydroxylation is 1. The molecule has 0 unspecified atom stereocenters. The van der Waals surface area contributed by atoms with Crippen LogP contribution in [0.3, 0.4) is 0 Å². The quantitative estimate of drug-likeness (QED) is 0.627. The second kappa shape index (κ2) is 4.40. The lowest BCUT2D eigenvalue weighted by Gasteiger charge is -2.06. The lowest BCUT2D eigenvalue weighted by Crippen LogP contribution is -2.12. The van der Waals surface area contributed by atoms with E-state index < -0.39 is 0 Å². The molecule has 0 spiro atoms. The van der Waals surface area contributed by atoms with Crippen molar-refractivity contribution in [2.45, 2.75) is 10.1 Å². The van der Waals surface area contributed by atoms with Crippen molar-refractivity contribution in [3.8, 4) is 0 Å². The fraction of sp³-hybridized carbons (Fsp3) is 0.0909. The average molecular weight is 232 g/mol. The van der Waals surface area contributed by atoms with Gasteiger partial charge in [-0.3, -0.25) is 5.41 Å². The first-order valence-corrected chi connectivity index (χ1v) is 5.58. The third-order valence-electron chi connectivity index (χ3n) is 2.16. The molecule has 0 aliphatic heterocycles. The summed E-state index contributed by atoms with van der Waals surface area (Å²) < 4.78 is 1.93. The van der Waals surface area contributed by atoms with E-state index in [0.717, 1.165) is 15.6 Å². The van der Waals surface area contributed by atoms with Crippen LogP contribution in [-0.2, 0) is 7.05 Å². The van der Waals surface area contributed by atoms with Gasteiger partial charge in [0.2, 0.25) is 0 Å². The zero-order valence-corrected chi connectivity index (χ0v) is 9.66. The zero-order valence-electron chi connectivity index (χ0n) is 8.84. The Morgan fingerprint density at radius 3 is 2.81 bits per heavy atom. The topological polar surface area (TPSA) is 67.7 Å². The number of imidazole rings is 1. The van der Waals surface area contributed by atoms with Gasteiger partial charge >= 0.3 is 0 Å². The Bertz CT molecular complexity index is 518. The minimum Gasteiger partial charge on any atom is -0.384 e. The van der Waals surface area contributed by atoms with E-state index in [-0.39, 0.29) is 5.84 Å². The number of nitrogens with zero attached hydrogens (tertiary/aromatic N) is 2. The molecule has 1 aromatic heterocycles. The number of aromatic nitrogens is 2.